The molecule has 0 aliphatic rings. The van der Waals surface area contributed by atoms with Crippen LogP contribution in [-0.4, -0.2) is 0 Å². The lowest BCUT2D eigenvalue weighted by molar-refractivity contribution is 0.605. The van der Waals surface area contributed by atoms with Gasteiger partial charge >= 0.3 is 0 Å². The van der Waals surface area contributed by atoms with Crippen LogP contribution in [0.4, 0.5) is 4.39 Å². The topological polar surface area (TPSA) is 35.8 Å². The average Bonchev–Trinajstić information content (AvgIpc) is 2.87. The van der Waals surface area contributed by atoms with Crippen molar-refractivity contribution in [3.63, 3.8) is 0 Å². The third-order valence-electron chi connectivity index (χ3n) is 2.46. The summed E-state index contributed by atoms with van der Waals surface area (Å²) in [7, 11) is 0. The van der Waals surface area contributed by atoms with Crippen LogP contribution in [0.5, 0.6) is 0 Å². The number of thiophene rings is 1. The number of nitrogens with one attached hydrogen (secondary N) is 1. The Hall–Kier alpha value is -1.22. The molecule has 18 heavy (non-hydrogen) atoms. The second-order valence-corrected chi connectivity index (χ2v) is 5.57. The van der Waals surface area contributed by atoms with E-state index < -0.39 is 6.04 Å². The lowest BCUT2D eigenvalue weighted by atomic mass is 10.1. The van der Waals surface area contributed by atoms with Crippen LogP contribution < -0.4 is 5.32 Å². The van der Waals surface area contributed by atoms with Gasteiger partial charge in [0.05, 0.1) is 6.07 Å². The monoisotopic (exact) mass is 324 g/mol. The second-order valence-electron chi connectivity index (χ2n) is 3.69. The van der Waals surface area contributed by atoms with Crippen LogP contribution in [0.1, 0.15) is 16.5 Å². The fourth-order valence-electron chi connectivity index (χ4n) is 1.58. The molecular formula is C13H10BrFN2S. The van der Waals surface area contributed by atoms with Crippen LogP contribution in [0.25, 0.3) is 0 Å². The number of nitriles is 1. The van der Waals surface area contributed by atoms with E-state index in [4.69, 9.17) is 0 Å². The molecule has 0 saturated heterocycles. The number of hydrogen-bond donors (Lipinski definition) is 1. The van der Waals surface area contributed by atoms with Gasteiger partial charge in [-0.05, 0) is 29.6 Å². The minimum atomic E-state index is -0.530. The fourth-order valence-corrected chi connectivity index (χ4v) is 2.71. The normalized spacial score (nSPS) is 12.1. The molecule has 0 fully saturated rings. The lowest BCUT2D eigenvalue weighted by Gasteiger charge is -2.13. The lowest BCUT2D eigenvalue weighted by Crippen LogP contribution is -2.19. The zero-order chi connectivity index (χ0) is 13.0. The first-order valence-electron chi connectivity index (χ1n) is 5.31. The molecule has 0 bridgehead atoms. The number of rotatable bonds is 4. The molecule has 0 spiro atoms. The van der Waals surface area contributed by atoms with Crippen LogP contribution in [0.2, 0.25) is 0 Å². The summed E-state index contributed by atoms with van der Waals surface area (Å²) in [6, 6.07) is 9.92. The van der Waals surface area contributed by atoms with E-state index in [1.165, 1.54) is 12.1 Å². The SMILES string of the molecule is N#CC(NCc1cccs1)c1cc(F)ccc1Br. The highest BCUT2D eigenvalue weighted by molar-refractivity contribution is 9.10. The Morgan fingerprint density at radius 1 is 1.44 bits per heavy atom. The van der Waals surface area contributed by atoms with Gasteiger partial charge in [-0.3, -0.25) is 5.32 Å². The Morgan fingerprint density at radius 3 is 2.94 bits per heavy atom. The Labute approximate surface area is 117 Å². The maximum absolute atomic E-state index is 13.2. The van der Waals surface area contributed by atoms with Gasteiger partial charge in [-0.1, -0.05) is 22.0 Å². The van der Waals surface area contributed by atoms with E-state index in [1.54, 1.807) is 17.4 Å². The molecule has 5 heteroatoms. The first-order chi connectivity index (χ1) is 8.70. The second kappa shape index (κ2) is 6.10. The maximum atomic E-state index is 13.2. The Morgan fingerprint density at radius 2 is 2.28 bits per heavy atom. The van der Waals surface area contributed by atoms with E-state index in [1.807, 2.05) is 17.5 Å². The molecule has 0 amide bonds. The summed E-state index contributed by atoms with van der Waals surface area (Å²) in [6.07, 6.45) is 0. The number of benzene rings is 1. The molecule has 92 valence electrons. The summed E-state index contributed by atoms with van der Waals surface area (Å²) >= 11 is 4.96. The molecule has 0 aliphatic heterocycles. The molecule has 1 unspecified atom stereocenters. The van der Waals surface area contributed by atoms with Crippen molar-refractivity contribution >= 4 is 27.3 Å². The minimum Gasteiger partial charge on any atom is -0.293 e. The average molecular weight is 325 g/mol. The molecule has 0 radical (unpaired) electrons. The van der Waals surface area contributed by atoms with Crippen LogP contribution >= 0.6 is 27.3 Å². The highest BCUT2D eigenvalue weighted by atomic mass is 79.9. The smallest absolute Gasteiger partial charge is 0.123 e. The Balaban J connectivity index is 2.13. The van der Waals surface area contributed by atoms with E-state index in [0.29, 0.717) is 12.1 Å². The van der Waals surface area contributed by atoms with E-state index in [-0.39, 0.29) is 5.82 Å². The molecule has 2 nitrogen and oxygen atoms in total. The standard InChI is InChI=1S/C13H10BrFN2S/c14-12-4-3-9(15)6-11(12)13(7-16)17-8-10-2-1-5-18-10/h1-6,13,17H,8H2. The van der Waals surface area contributed by atoms with Crippen LogP contribution in [0.3, 0.4) is 0 Å². The summed E-state index contributed by atoms with van der Waals surface area (Å²) in [5.41, 5.74) is 0.619. The summed E-state index contributed by atoms with van der Waals surface area (Å²) < 4.78 is 13.9. The number of hydrogen-bond acceptors (Lipinski definition) is 3. The minimum absolute atomic E-state index is 0.341. The summed E-state index contributed by atoms with van der Waals surface area (Å²) in [5, 5.41) is 14.3. The van der Waals surface area contributed by atoms with Crippen molar-refractivity contribution in [2.75, 3.05) is 0 Å². The van der Waals surface area contributed by atoms with Crippen molar-refractivity contribution in [1.82, 2.24) is 5.32 Å². The highest BCUT2D eigenvalue weighted by Crippen LogP contribution is 2.24. The van der Waals surface area contributed by atoms with Gasteiger partial charge in [0.15, 0.2) is 0 Å². The molecular weight excluding hydrogens is 315 g/mol. The predicted molar refractivity (Wildman–Crippen MR) is 73.6 cm³/mol. The summed E-state index contributed by atoms with van der Waals surface area (Å²) in [6.45, 7) is 0.596. The predicted octanol–water partition coefficient (Wildman–Crippen LogP) is 4.00. The molecule has 2 rings (SSSR count). The van der Waals surface area contributed by atoms with Crippen molar-refractivity contribution in [1.29, 1.82) is 5.26 Å². The molecule has 1 aromatic carbocycles. The number of halogens is 2. The van der Waals surface area contributed by atoms with Gasteiger partial charge in [-0.15, -0.1) is 11.3 Å². The summed E-state index contributed by atoms with van der Waals surface area (Å²) in [4.78, 5) is 1.14. The summed E-state index contributed by atoms with van der Waals surface area (Å²) in [5.74, 6) is -0.341. The van der Waals surface area contributed by atoms with Crippen LogP contribution in [-0.2, 0) is 6.54 Å². The Bertz CT molecular complexity index is 563. The van der Waals surface area contributed by atoms with Crippen LogP contribution in [0, 0.1) is 17.1 Å². The van der Waals surface area contributed by atoms with Crippen molar-refractivity contribution in [2.45, 2.75) is 12.6 Å². The van der Waals surface area contributed by atoms with E-state index in [0.717, 1.165) is 9.35 Å². The maximum Gasteiger partial charge on any atom is 0.123 e. The van der Waals surface area contributed by atoms with Gasteiger partial charge in [-0.2, -0.15) is 5.26 Å². The van der Waals surface area contributed by atoms with Gasteiger partial charge in [0.25, 0.3) is 0 Å². The third kappa shape index (κ3) is 3.16. The van der Waals surface area contributed by atoms with Gasteiger partial charge in [0.1, 0.15) is 11.9 Å². The quantitative estimate of drug-likeness (QED) is 0.922. The molecule has 1 N–H and O–H groups in total. The van der Waals surface area contributed by atoms with Crippen molar-refractivity contribution in [3.05, 3.63) is 56.4 Å². The van der Waals surface area contributed by atoms with E-state index >= 15 is 0 Å². The Kier molecular flexibility index (Phi) is 4.48. The third-order valence-corrected chi connectivity index (χ3v) is 4.06. The molecule has 1 heterocycles. The van der Waals surface area contributed by atoms with Gasteiger partial charge in [0, 0.05) is 21.5 Å². The molecule has 1 atom stereocenters. The fraction of sp³-hybridized carbons (Fsp3) is 0.154. The first-order valence-corrected chi connectivity index (χ1v) is 6.98. The largest absolute Gasteiger partial charge is 0.293 e. The molecule has 0 aliphatic carbocycles. The van der Waals surface area contributed by atoms with E-state index in [9.17, 15) is 9.65 Å². The van der Waals surface area contributed by atoms with Crippen molar-refractivity contribution < 1.29 is 4.39 Å². The van der Waals surface area contributed by atoms with Gasteiger partial charge < -0.3 is 0 Å². The molecule has 0 saturated carbocycles. The first kappa shape index (κ1) is 13.2. The number of nitrogens with zero attached hydrogens (tertiary/aromatic N) is 1. The van der Waals surface area contributed by atoms with E-state index in [2.05, 4.69) is 27.3 Å². The van der Waals surface area contributed by atoms with Crippen LogP contribution in [0.15, 0.2) is 40.2 Å². The highest BCUT2D eigenvalue weighted by Gasteiger charge is 2.14. The zero-order valence-electron chi connectivity index (χ0n) is 9.36. The molecule has 2 aromatic rings. The van der Waals surface area contributed by atoms with Crippen molar-refractivity contribution in [3.8, 4) is 6.07 Å². The molecule has 1 aromatic heterocycles. The zero-order valence-corrected chi connectivity index (χ0v) is 11.8. The van der Waals surface area contributed by atoms with Crippen molar-refractivity contribution in [2.24, 2.45) is 0 Å². The van der Waals surface area contributed by atoms with Gasteiger partial charge in [0.2, 0.25) is 0 Å². The van der Waals surface area contributed by atoms with Gasteiger partial charge in [-0.25, -0.2) is 4.39 Å².